The number of rotatable bonds is 3. The summed E-state index contributed by atoms with van der Waals surface area (Å²) in [4.78, 5) is 28.7. The molecule has 2 aromatic rings. The molecule has 2 saturated heterocycles. The molecule has 0 N–H and O–H groups in total. The van der Waals surface area contributed by atoms with Crippen molar-refractivity contribution >= 4 is 17.6 Å². The van der Waals surface area contributed by atoms with E-state index < -0.39 is 0 Å². The number of aromatic nitrogens is 4. The minimum absolute atomic E-state index is 0.123. The molecule has 2 amide bonds. The van der Waals surface area contributed by atoms with Gasteiger partial charge in [0.15, 0.2) is 11.3 Å². The summed E-state index contributed by atoms with van der Waals surface area (Å²) in [5.74, 6) is -0.135. The van der Waals surface area contributed by atoms with Crippen LogP contribution in [0.3, 0.4) is 0 Å². The number of cyclic esters (lactones) is 1. The zero-order valence-electron chi connectivity index (χ0n) is 15.9. The molecule has 9 nitrogen and oxygen atoms in total. The summed E-state index contributed by atoms with van der Waals surface area (Å²) in [6, 6.07) is 2.10. The third-order valence-electron chi connectivity index (χ3n) is 5.55. The molecule has 0 aromatic carbocycles. The van der Waals surface area contributed by atoms with Crippen molar-refractivity contribution in [1.82, 2.24) is 29.6 Å². The SMILES string of the molecule is CCC1COC(=O)N1C1CCN(C(=O)c2nnc3cc(C)nn3c2C)CC1. The first-order chi connectivity index (χ1) is 13.0. The molecule has 1 unspecified atom stereocenters. The minimum Gasteiger partial charge on any atom is -0.447 e. The Hall–Kier alpha value is -2.71. The number of hydrogen-bond acceptors (Lipinski definition) is 6. The van der Waals surface area contributed by atoms with Crippen LogP contribution in [-0.2, 0) is 4.74 Å². The van der Waals surface area contributed by atoms with E-state index in [9.17, 15) is 9.59 Å². The van der Waals surface area contributed by atoms with E-state index in [4.69, 9.17) is 4.74 Å². The van der Waals surface area contributed by atoms with Gasteiger partial charge in [-0.15, -0.1) is 10.2 Å². The Kier molecular flexibility index (Phi) is 4.45. The van der Waals surface area contributed by atoms with Crippen molar-refractivity contribution in [3.63, 3.8) is 0 Å². The highest BCUT2D eigenvalue weighted by Crippen LogP contribution is 2.26. The van der Waals surface area contributed by atoms with E-state index in [0.717, 1.165) is 25.0 Å². The second-order valence-electron chi connectivity index (χ2n) is 7.26. The fourth-order valence-corrected chi connectivity index (χ4v) is 4.01. The van der Waals surface area contributed by atoms with Crippen LogP contribution in [0.2, 0.25) is 0 Å². The summed E-state index contributed by atoms with van der Waals surface area (Å²) in [7, 11) is 0. The van der Waals surface area contributed by atoms with Crippen molar-refractivity contribution in [2.45, 2.75) is 52.1 Å². The maximum absolute atomic E-state index is 13.0. The van der Waals surface area contributed by atoms with Crippen molar-refractivity contribution in [3.8, 4) is 0 Å². The summed E-state index contributed by atoms with van der Waals surface area (Å²) < 4.78 is 6.86. The molecule has 2 aliphatic heterocycles. The molecule has 0 bridgehead atoms. The summed E-state index contributed by atoms with van der Waals surface area (Å²) in [5, 5.41) is 12.6. The number of piperidine rings is 1. The molecule has 2 fully saturated rings. The number of nitrogens with zero attached hydrogens (tertiary/aromatic N) is 6. The lowest BCUT2D eigenvalue weighted by Crippen LogP contribution is -2.49. The van der Waals surface area contributed by atoms with Gasteiger partial charge in [-0.3, -0.25) is 9.69 Å². The Morgan fingerprint density at radius 2 is 2.00 bits per heavy atom. The van der Waals surface area contributed by atoms with Crippen LogP contribution in [0.4, 0.5) is 4.79 Å². The Morgan fingerprint density at radius 3 is 2.70 bits per heavy atom. The van der Waals surface area contributed by atoms with Gasteiger partial charge in [-0.25, -0.2) is 9.31 Å². The fourth-order valence-electron chi connectivity index (χ4n) is 4.01. The maximum Gasteiger partial charge on any atom is 0.410 e. The highest BCUT2D eigenvalue weighted by atomic mass is 16.6. The molecular weight excluding hydrogens is 348 g/mol. The van der Waals surface area contributed by atoms with Gasteiger partial charge >= 0.3 is 6.09 Å². The Morgan fingerprint density at radius 1 is 1.26 bits per heavy atom. The van der Waals surface area contributed by atoms with E-state index in [0.29, 0.717) is 36.7 Å². The molecule has 4 heterocycles. The Labute approximate surface area is 157 Å². The van der Waals surface area contributed by atoms with Gasteiger partial charge in [-0.2, -0.15) is 5.10 Å². The molecule has 1 atom stereocenters. The van der Waals surface area contributed by atoms with Crippen LogP contribution in [0.25, 0.3) is 5.65 Å². The van der Waals surface area contributed by atoms with Crippen LogP contribution < -0.4 is 0 Å². The quantitative estimate of drug-likeness (QED) is 0.812. The summed E-state index contributed by atoms with van der Waals surface area (Å²) in [6.07, 6.45) is 2.14. The van der Waals surface area contributed by atoms with E-state index in [2.05, 4.69) is 22.2 Å². The summed E-state index contributed by atoms with van der Waals surface area (Å²) in [6.45, 7) is 7.41. The third kappa shape index (κ3) is 3.00. The number of likely N-dealkylation sites (tertiary alicyclic amines) is 1. The topological polar surface area (TPSA) is 92.9 Å². The van der Waals surface area contributed by atoms with E-state index >= 15 is 0 Å². The highest BCUT2D eigenvalue weighted by molar-refractivity contribution is 5.93. The van der Waals surface area contributed by atoms with Gasteiger partial charge in [0.1, 0.15) is 6.61 Å². The smallest absolute Gasteiger partial charge is 0.410 e. The number of amides is 2. The monoisotopic (exact) mass is 372 g/mol. The average Bonchev–Trinajstić information content (AvgIpc) is 3.24. The molecule has 0 spiro atoms. The molecule has 27 heavy (non-hydrogen) atoms. The number of carbonyl (C=O) groups excluding carboxylic acids is 2. The zero-order valence-corrected chi connectivity index (χ0v) is 15.9. The van der Waals surface area contributed by atoms with Crippen molar-refractivity contribution in [2.75, 3.05) is 19.7 Å². The first-order valence-electron chi connectivity index (χ1n) is 9.43. The number of fused-ring (bicyclic) bond motifs is 1. The molecule has 4 rings (SSSR count). The van der Waals surface area contributed by atoms with E-state index in [1.54, 1.807) is 9.42 Å². The standard InChI is InChI=1S/C18H24N6O3/c1-4-13-10-27-18(26)23(13)14-5-7-22(8-6-14)17(25)16-12(3)24-15(19-20-16)9-11(2)21-24/h9,13-14H,4-8,10H2,1-3H3. The van der Waals surface area contributed by atoms with Gasteiger partial charge in [-0.1, -0.05) is 6.92 Å². The molecule has 144 valence electrons. The van der Waals surface area contributed by atoms with Crippen LogP contribution in [0.5, 0.6) is 0 Å². The predicted molar refractivity (Wildman–Crippen MR) is 96.4 cm³/mol. The van der Waals surface area contributed by atoms with Gasteiger partial charge in [0, 0.05) is 25.2 Å². The molecule has 2 aromatic heterocycles. The largest absolute Gasteiger partial charge is 0.447 e. The zero-order chi connectivity index (χ0) is 19.1. The second-order valence-corrected chi connectivity index (χ2v) is 7.26. The van der Waals surface area contributed by atoms with Crippen molar-refractivity contribution in [2.24, 2.45) is 0 Å². The van der Waals surface area contributed by atoms with Gasteiger partial charge in [0.25, 0.3) is 5.91 Å². The molecular formula is C18H24N6O3. The number of aryl methyl sites for hydroxylation is 2. The highest BCUT2D eigenvalue weighted by Gasteiger charge is 2.39. The molecule has 0 aliphatic carbocycles. The lowest BCUT2D eigenvalue weighted by Gasteiger charge is -2.37. The fraction of sp³-hybridized carbons (Fsp3) is 0.611. The van der Waals surface area contributed by atoms with Crippen LogP contribution in [0, 0.1) is 13.8 Å². The first kappa shape index (κ1) is 17.7. The molecule has 9 heteroatoms. The summed E-state index contributed by atoms with van der Waals surface area (Å²) in [5.41, 5.74) is 2.49. The van der Waals surface area contributed by atoms with Gasteiger partial charge in [0.05, 0.1) is 17.4 Å². The van der Waals surface area contributed by atoms with E-state index in [-0.39, 0.29) is 24.1 Å². The first-order valence-corrected chi connectivity index (χ1v) is 9.43. The molecule has 2 aliphatic rings. The van der Waals surface area contributed by atoms with Gasteiger partial charge < -0.3 is 9.64 Å². The van der Waals surface area contributed by atoms with E-state index in [1.807, 2.05) is 24.8 Å². The van der Waals surface area contributed by atoms with Crippen LogP contribution in [-0.4, -0.2) is 73.4 Å². The third-order valence-corrected chi connectivity index (χ3v) is 5.55. The maximum atomic E-state index is 13.0. The van der Waals surface area contributed by atoms with Crippen LogP contribution in [0.15, 0.2) is 6.07 Å². The second kappa shape index (κ2) is 6.79. The predicted octanol–water partition coefficient (Wildman–Crippen LogP) is 1.58. The molecule has 0 radical (unpaired) electrons. The Balaban J connectivity index is 1.47. The number of hydrogen-bond donors (Lipinski definition) is 0. The van der Waals surface area contributed by atoms with Crippen LogP contribution >= 0.6 is 0 Å². The number of carbonyl (C=O) groups is 2. The van der Waals surface area contributed by atoms with Gasteiger partial charge in [0.2, 0.25) is 0 Å². The van der Waals surface area contributed by atoms with Gasteiger partial charge in [-0.05, 0) is 33.1 Å². The van der Waals surface area contributed by atoms with Crippen molar-refractivity contribution in [3.05, 3.63) is 23.1 Å². The lowest BCUT2D eigenvalue weighted by molar-refractivity contribution is 0.0627. The molecule has 0 saturated carbocycles. The number of ether oxygens (including phenoxy) is 1. The Bertz CT molecular complexity index is 887. The average molecular weight is 372 g/mol. The van der Waals surface area contributed by atoms with Crippen molar-refractivity contribution < 1.29 is 14.3 Å². The van der Waals surface area contributed by atoms with Crippen molar-refractivity contribution in [1.29, 1.82) is 0 Å². The van der Waals surface area contributed by atoms with Crippen LogP contribution in [0.1, 0.15) is 48.1 Å². The normalized spacial score (nSPS) is 21.1. The summed E-state index contributed by atoms with van der Waals surface area (Å²) >= 11 is 0. The van der Waals surface area contributed by atoms with E-state index in [1.165, 1.54) is 0 Å². The lowest BCUT2D eigenvalue weighted by atomic mass is 10.0. The minimum atomic E-state index is -0.229.